The third-order valence-electron chi connectivity index (χ3n) is 4.69. The number of carbonyl (C=O) groups is 2. The second-order valence-electron chi connectivity index (χ2n) is 6.14. The predicted molar refractivity (Wildman–Crippen MR) is 85.3 cm³/mol. The van der Waals surface area contributed by atoms with Crippen LogP contribution >= 0.6 is 0 Å². The number of anilines is 1. The molecule has 1 saturated carbocycles. The average Bonchev–Trinajstić information content (AvgIpc) is 3.09. The third kappa shape index (κ3) is 2.62. The summed E-state index contributed by atoms with van der Waals surface area (Å²) < 4.78 is 3.08. The van der Waals surface area contributed by atoms with Gasteiger partial charge in [0, 0.05) is 25.7 Å². The van der Waals surface area contributed by atoms with Gasteiger partial charge in [-0.15, -0.1) is 0 Å². The molecule has 7 heteroatoms. The SMILES string of the molecule is Cn1c(=O)n(C)c2cc(NC(=O)[C@@H]3CC[C@H](C(=O)O)C3)ccc21. The van der Waals surface area contributed by atoms with Crippen molar-refractivity contribution in [1.29, 1.82) is 0 Å². The van der Waals surface area contributed by atoms with E-state index in [2.05, 4.69) is 5.32 Å². The maximum atomic E-state index is 12.3. The number of benzene rings is 1. The molecule has 1 fully saturated rings. The molecule has 1 aromatic carbocycles. The van der Waals surface area contributed by atoms with Crippen molar-refractivity contribution in [3.8, 4) is 0 Å². The molecule has 1 aliphatic rings. The van der Waals surface area contributed by atoms with Gasteiger partial charge >= 0.3 is 11.7 Å². The fourth-order valence-electron chi connectivity index (χ4n) is 3.27. The van der Waals surface area contributed by atoms with Crippen molar-refractivity contribution < 1.29 is 14.7 Å². The van der Waals surface area contributed by atoms with Crippen LogP contribution in [0.3, 0.4) is 0 Å². The van der Waals surface area contributed by atoms with E-state index in [1.54, 1.807) is 36.9 Å². The number of carboxylic acids is 1. The number of amides is 1. The first kappa shape index (κ1) is 15.3. The van der Waals surface area contributed by atoms with Crippen LogP contribution in [0.25, 0.3) is 11.0 Å². The topological polar surface area (TPSA) is 93.3 Å². The fraction of sp³-hybridized carbons (Fsp3) is 0.438. The van der Waals surface area contributed by atoms with Crippen molar-refractivity contribution >= 4 is 28.6 Å². The van der Waals surface area contributed by atoms with Crippen LogP contribution in [0.1, 0.15) is 19.3 Å². The molecule has 2 aromatic rings. The Morgan fingerprint density at radius 3 is 2.43 bits per heavy atom. The minimum absolute atomic E-state index is 0.122. The number of aliphatic carboxylic acids is 1. The summed E-state index contributed by atoms with van der Waals surface area (Å²) in [6.07, 6.45) is 1.52. The Bertz CT molecular complexity index is 849. The van der Waals surface area contributed by atoms with Crippen LogP contribution in [0.5, 0.6) is 0 Å². The summed E-state index contributed by atoms with van der Waals surface area (Å²) in [6.45, 7) is 0. The lowest BCUT2D eigenvalue weighted by molar-refractivity contribution is -0.141. The maximum absolute atomic E-state index is 12.3. The van der Waals surface area contributed by atoms with E-state index in [1.807, 2.05) is 0 Å². The molecule has 122 valence electrons. The van der Waals surface area contributed by atoms with Crippen LogP contribution < -0.4 is 11.0 Å². The van der Waals surface area contributed by atoms with Gasteiger partial charge in [0.05, 0.1) is 17.0 Å². The van der Waals surface area contributed by atoms with Crippen molar-refractivity contribution in [2.24, 2.45) is 25.9 Å². The Morgan fingerprint density at radius 2 is 1.78 bits per heavy atom. The number of carbonyl (C=O) groups excluding carboxylic acids is 1. The van der Waals surface area contributed by atoms with Gasteiger partial charge in [-0.05, 0) is 37.5 Å². The molecule has 0 radical (unpaired) electrons. The number of fused-ring (bicyclic) bond motifs is 1. The Hall–Kier alpha value is -2.57. The molecule has 0 aliphatic heterocycles. The number of nitrogens with one attached hydrogen (secondary N) is 1. The smallest absolute Gasteiger partial charge is 0.328 e. The molecule has 0 spiro atoms. The highest BCUT2D eigenvalue weighted by Gasteiger charge is 2.33. The molecule has 2 N–H and O–H groups in total. The molecule has 2 atom stereocenters. The number of imidazole rings is 1. The summed E-state index contributed by atoms with van der Waals surface area (Å²) >= 11 is 0. The number of nitrogens with zero attached hydrogens (tertiary/aromatic N) is 2. The summed E-state index contributed by atoms with van der Waals surface area (Å²) in [5, 5.41) is 11.8. The van der Waals surface area contributed by atoms with Gasteiger partial charge in [-0.2, -0.15) is 0 Å². The standard InChI is InChI=1S/C16H19N3O4/c1-18-12-6-5-11(8-13(12)19(2)16(18)23)17-14(20)9-3-4-10(7-9)15(21)22/h5-6,8-10H,3-4,7H2,1-2H3,(H,17,20)(H,21,22)/t9-,10+/m1/s1. The highest BCUT2D eigenvalue weighted by molar-refractivity contribution is 5.95. The van der Waals surface area contributed by atoms with Gasteiger partial charge in [0.2, 0.25) is 5.91 Å². The second-order valence-corrected chi connectivity index (χ2v) is 6.14. The summed E-state index contributed by atoms with van der Waals surface area (Å²) in [7, 11) is 3.39. The van der Waals surface area contributed by atoms with Gasteiger partial charge in [0.1, 0.15) is 0 Å². The Balaban J connectivity index is 1.79. The van der Waals surface area contributed by atoms with E-state index in [4.69, 9.17) is 5.11 Å². The molecule has 7 nitrogen and oxygen atoms in total. The maximum Gasteiger partial charge on any atom is 0.328 e. The number of aromatic nitrogens is 2. The molecular formula is C16H19N3O4. The molecule has 0 unspecified atom stereocenters. The van der Waals surface area contributed by atoms with Gasteiger partial charge in [-0.1, -0.05) is 0 Å². The number of carboxylic acid groups (broad SMARTS) is 1. The number of hydrogen-bond acceptors (Lipinski definition) is 3. The van der Waals surface area contributed by atoms with Crippen LogP contribution in [-0.4, -0.2) is 26.1 Å². The molecule has 1 amide bonds. The van der Waals surface area contributed by atoms with E-state index < -0.39 is 11.9 Å². The molecule has 0 bridgehead atoms. The zero-order valence-electron chi connectivity index (χ0n) is 13.1. The minimum atomic E-state index is -0.832. The van der Waals surface area contributed by atoms with Gasteiger partial charge in [0.15, 0.2) is 0 Å². The molecule has 1 aromatic heterocycles. The van der Waals surface area contributed by atoms with Crippen LogP contribution in [-0.2, 0) is 23.7 Å². The second kappa shape index (κ2) is 5.57. The average molecular weight is 317 g/mol. The van der Waals surface area contributed by atoms with Crippen LogP contribution in [0.2, 0.25) is 0 Å². The first-order valence-electron chi connectivity index (χ1n) is 7.57. The lowest BCUT2D eigenvalue weighted by Gasteiger charge is -2.11. The summed E-state index contributed by atoms with van der Waals surface area (Å²) in [4.78, 5) is 35.2. The summed E-state index contributed by atoms with van der Waals surface area (Å²) in [5.41, 5.74) is 2.03. The number of aryl methyl sites for hydroxylation is 2. The highest BCUT2D eigenvalue weighted by Crippen LogP contribution is 2.32. The molecular weight excluding hydrogens is 298 g/mol. The van der Waals surface area contributed by atoms with Crippen LogP contribution in [0, 0.1) is 11.8 Å². The number of hydrogen-bond donors (Lipinski definition) is 2. The van der Waals surface area contributed by atoms with Crippen molar-refractivity contribution in [2.45, 2.75) is 19.3 Å². The lowest BCUT2D eigenvalue weighted by atomic mass is 10.0. The van der Waals surface area contributed by atoms with E-state index in [0.29, 0.717) is 24.9 Å². The molecule has 3 rings (SSSR count). The fourth-order valence-corrected chi connectivity index (χ4v) is 3.27. The zero-order valence-corrected chi connectivity index (χ0v) is 13.1. The van der Waals surface area contributed by atoms with Crippen LogP contribution in [0.4, 0.5) is 5.69 Å². The van der Waals surface area contributed by atoms with E-state index >= 15 is 0 Å². The quantitative estimate of drug-likeness (QED) is 0.893. The summed E-state index contributed by atoms with van der Waals surface area (Å²) in [6, 6.07) is 5.31. The van der Waals surface area contributed by atoms with E-state index in [9.17, 15) is 14.4 Å². The van der Waals surface area contributed by atoms with Gasteiger partial charge < -0.3 is 10.4 Å². The minimum Gasteiger partial charge on any atom is -0.481 e. The number of rotatable bonds is 3. The lowest BCUT2D eigenvalue weighted by Crippen LogP contribution is -2.21. The largest absolute Gasteiger partial charge is 0.481 e. The highest BCUT2D eigenvalue weighted by atomic mass is 16.4. The molecule has 1 aliphatic carbocycles. The first-order chi connectivity index (χ1) is 10.9. The van der Waals surface area contributed by atoms with Crippen molar-refractivity contribution in [3.05, 3.63) is 28.7 Å². The van der Waals surface area contributed by atoms with Crippen molar-refractivity contribution in [1.82, 2.24) is 9.13 Å². The monoisotopic (exact) mass is 317 g/mol. The Labute approximate surface area is 132 Å². The van der Waals surface area contributed by atoms with Gasteiger partial charge in [0.25, 0.3) is 0 Å². The molecule has 23 heavy (non-hydrogen) atoms. The van der Waals surface area contributed by atoms with E-state index in [0.717, 1.165) is 11.0 Å². The Kier molecular flexibility index (Phi) is 3.71. The van der Waals surface area contributed by atoms with Crippen LogP contribution in [0.15, 0.2) is 23.0 Å². The Morgan fingerprint density at radius 1 is 1.13 bits per heavy atom. The summed E-state index contributed by atoms with van der Waals surface area (Å²) in [5.74, 6) is -1.69. The molecule has 0 saturated heterocycles. The van der Waals surface area contributed by atoms with Gasteiger partial charge in [-0.25, -0.2) is 4.79 Å². The van der Waals surface area contributed by atoms with Crippen molar-refractivity contribution in [2.75, 3.05) is 5.32 Å². The zero-order chi connectivity index (χ0) is 16.7. The third-order valence-corrected chi connectivity index (χ3v) is 4.69. The van der Waals surface area contributed by atoms with Gasteiger partial charge in [-0.3, -0.25) is 18.7 Å². The van der Waals surface area contributed by atoms with E-state index in [1.165, 1.54) is 4.57 Å². The van der Waals surface area contributed by atoms with E-state index in [-0.39, 0.29) is 17.5 Å². The van der Waals surface area contributed by atoms with Crippen molar-refractivity contribution in [3.63, 3.8) is 0 Å². The molecule has 1 heterocycles. The predicted octanol–water partition coefficient (Wildman–Crippen LogP) is 1.32. The normalized spacial score (nSPS) is 20.8. The first-order valence-corrected chi connectivity index (χ1v) is 7.57.